The lowest BCUT2D eigenvalue weighted by molar-refractivity contribution is 0.244. The number of rotatable bonds is 7. The second-order valence-corrected chi connectivity index (χ2v) is 11.7. The highest BCUT2D eigenvalue weighted by Crippen LogP contribution is 2.17. The summed E-state index contributed by atoms with van der Waals surface area (Å²) in [7, 11) is -4.13. The molecule has 1 N–H and O–H groups in total. The summed E-state index contributed by atoms with van der Waals surface area (Å²) in [6, 6.07) is 20.2. The fourth-order valence-corrected chi connectivity index (χ4v) is 8.47. The first-order valence-electron chi connectivity index (χ1n) is 8.08. The summed E-state index contributed by atoms with van der Waals surface area (Å²) in [6.45, 7) is 6.50. The van der Waals surface area contributed by atoms with E-state index in [2.05, 4.69) is 20.0 Å². The Morgan fingerprint density at radius 3 is 1.77 bits per heavy atom. The maximum atomic E-state index is 11.8. The molecule has 2 nitrogen and oxygen atoms in total. The Kier molecular flexibility index (Phi) is 6.14. The van der Waals surface area contributed by atoms with E-state index in [1.165, 1.54) is 0 Å². The van der Waals surface area contributed by atoms with Crippen LogP contribution in [0.5, 0.6) is 0 Å². The minimum Gasteiger partial charge on any atom is -0.422 e. The van der Waals surface area contributed by atoms with Crippen LogP contribution in [0.1, 0.15) is 19.8 Å². The molecule has 2 aromatic carbocycles. The van der Waals surface area contributed by atoms with Crippen LogP contribution in [0.2, 0.25) is 13.1 Å². The molecule has 0 heterocycles. The largest absolute Gasteiger partial charge is 0.422 e. The highest BCUT2D eigenvalue weighted by Gasteiger charge is 2.44. The summed E-state index contributed by atoms with van der Waals surface area (Å²) in [5, 5.41) is 2.07. The quantitative estimate of drug-likeness (QED) is 0.790. The van der Waals surface area contributed by atoms with Crippen LogP contribution in [0.3, 0.4) is 0 Å². The van der Waals surface area contributed by atoms with Crippen LogP contribution in [0.4, 0.5) is 0 Å². The maximum absolute atomic E-state index is 11.8. The Bertz CT molecular complexity index is 518. The van der Waals surface area contributed by atoms with Crippen molar-refractivity contribution in [2.75, 3.05) is 0 Å². The van der Waals surface area contributed by atoms with Crippen LogP contribution in [0, 0.1) is 0 Å². The van der Waals surface area contributed by atoms with E-state index in [-0.39, 0.29) is 5.73 Å². The minimum absolute atomic E-state index is 0.0750. The zero-order valence-corrected chi connectivity index (χ0v) is 15.9. The van der Waals surface area contributed by atoms with Gasteiger partial charge < -0.3 is 9.22 Å². The second-order valence-electron chi connectivity index (χ2n) is 5.96. The molecule has 2 rings (SSSR count). The molecular formula is C18H26O2Si2. The van der Waals surface area contributed by atoms with Gasteiger partial charge in [0.1, 0.15) is 0 Å². The second kappa shape index (κ2) is 7.88. The van der Waals surface area contributed by atoms with Gasteiger partial charge in [-0.05, 0) is 29.9 Å². The van der Waals surface area contributed by atoms with Crippen LogP contribution in [-0.2, 0) is 4.43 Å². The summed E-state index contributed by atoms with van der Waals surface area (Å²) < 4.78 is 6.32. The summed E-state index contributed by atoms with van der Waals surface area (Å²) in [5.74, 6) is 0. The van der Waals surface area contributed by atoms with Gasteiger partial charge in [0.15, 0.2) is 9.04 Å². The Morgan fingerprint density at radius 1 is 0.955 bits per heavy atom. The van der Waals surface area contributed by atoms with Crippen molar-refractivity contribution >= 4 is 27.7 Å². The van der Waals surface area contributed by atoms with Crippen molar-refractivity contribution in [2.24, 2.45) is 0 Å². The van der Waals surface area contributed by atoms with E-state index in [1.54, 1.807) is 0 Å². The van der Waals surface area contributed by atoms with Crippen molar-refractivity contribution in [1.29, 1.82) is 0 Å². The lowest BCUT2D eigenvalue weighted by atomic mass is 10.3. The average molecular weight is 331 g/mol. The maximum Gasteiger partial charge on any atom is 0.280 e. The molecule has 2 aromatic rings. The molecule has 0 bridgehead atoms. The highest BCUT2D eigenvalue weighted by atomic mass is 28.4. The first-order valence-corrected chi connectivity index (χ1v) is 12.9. The molecule has 0 saturated heterocycles. The van der Waals surface area contributed by atoms with Crippen LogP contribution in [0.25, 0.3) is 0 Å². The minimum atomic E-state index is -2.90. The summed E-state index contributed by atoms with van der Waals surface area (Å²) in [5.41, 5.74) is -0.0750. The van der Waals surface area contributed by atoms with E-state index in [0.29, 0.717) is 0 Å². The third-order valence-corrected chi connectivity index (χ3v) is 8.81. The van der Waals surface area contributed by atoms with Crippen LogP contribution < -0.4 is 10.4 Å². The zero-order chi connectivity index (χ0) is 16.0. The van der Waals surface area contributed by atoms with Crippen molar-refractivity contribution in [2.45, 2.75) is 38.6 Å². The first kappa shape index (κ1) is 17.2. The lowest BCUT2D eigenvalue weighted by Gasteiger charge is -2.35. The van der Waals surface area contributed by atoms with Gasteiger partial charge >= 0.3 is 0 Å². The third-order valence-electron chi connectivity index (χ3n) is 3.88. The summed E-state index contributed by atoms with van der Waals surface area (Å²) in [4.78, 5) is 11.8. The molecule has 0 fully saturated rings. The fraction of sp³-hybridized carbons (Fsp3) is 0.333. The molecule has 22 heavy (non-hydrogen) atoms. The molecule has 118 valence electrons. The van der Waals surface area contributed by atoms with Crippen molar-refractivity contribution in [3.8, 4) is 0 Å². The van der Waals surface area contributed by atoms with E-state index >= 15 is 0 Å². The van der Waals surface area contributed by atoms with Gasteiger partial charge in [-0.2, -0.15) is 0 Å². The number of benzene rings is 2. The Labute approximate surface area is 136 Å². The Morgan fingerprint density at radius 2 is 1.41 bits per heavy atom. The molecule has 0 aromatic heterocycles. The molecule has 4 heteroatoms. The summed E-state index contributed by atoms with van der Waals surface area (Å²) in [6.07, 6.45) is 1.92. The molecule has 0 aliphatic carbocycles. The van der Waals surface area contributed by atoms with E-state index < -0.39 is 17.4 Å². The average Bonchev–Trinajstić information content (AvgIpc) is 2.55. The molecular weight excluding hydrogens is 304 g/mol. The van der Waals surface area contributed by atoms with E-state index in [4.69, 9.17) is 4.43 Å². The van der Waals surface area contributed by atoms with Gasteiger partial charge in [0.05, 0.1) is 5.73 Å². The van der Waals surface area contributed by atoms with Crippen molar-refractivity contribution < 1.29 is 9.22 Å². The highest BCUT2D eigenvalue weighted by molar-refractivity contribution is 6.97. The third kappa shape index (κ3) is 3.76. The molecule has 0 spiro atoms. The SMILES string of the molecule is CCCC(O[SiH](C)C)[Si](O)(c1ccccc1)c1ccccc1. The van der Waals surface area contributed by atoms with Crippen LogP contribution in [-0.4, -0.2) is 27.9 Å². The van der Waals surface area contributed by atoms with E-state index in [0.717, 1.165) is 23.2 Å². The summed E-state index contributed by atoms with van der Waals surface area (Å²) >= 11 is 0. The molecule has 0 aliphatic heterocycles. The Balaban J connectivity index is 2.53. The monoisotopic (exact) mass is 330 g/mol. The van der Waals surface area contributed by atoms with Gasteiger partial charge in [-0.25, -0.2) is 0 Å². The molecule has 0 aliphatic rings. The predicted octanol–water partition coefficient (Wildman–Crippen LogP) is 2.45. The van der Waals surface area contributed by atoms with Gasteiger partial charge in [-0.3, -0.25) is 0 Å². The van der Waals surface area contributed by atoms with Gasteiger partial charge in [-0.1, -0.05) is 74.0 Å². The first-order chi connectivity index (χ1) is 10.6. The lowest BCUT2D eigenvalue weighted by Crippen LogP contribution is -2.68. The van der Waals surface area contributed by atoms with E-state index in [9.17, 15) is 4.80 Å². The van der Waals surface area contributed by atoms with Crippen LogP contribution in [0.15, 0.2) is 60.7 Å². The van der Waals surface area contributed by atoms with E-state index in [1.807, 2.05) is 60.7 Å². The Hall–Kier alpha value is -1.21. The van der Waals surface area contributed by atoms with Crippen molar-refractivity contribution in [1.82, 2.24) is 0 Å². The zero-order valence-electron chi connectivity index (χ0n) is 13.7. The smallest absolute Gasteiger partial charge is 0.280 e. The van der Waals surface area contributed by atoms with Gasteiger partial charge in [-0.15, -0.1) is 0 Å². The number of hydrogen-bond acceptors (Lipinski definition) is 2. The van der Waals surface area contributed by atoms with Gasteiger partial charge in [0.25, 0.3) is 8.32 Å². The molecule has 0 saturated carbocycles. The fourth-order valence-electron chi connectivity index (χ4n) is 2.89. The molecule has 1 atom stereocenters. The number of hydrogen-bond donors (Lipinski definition) is 1. The standard InChI is InChI=1S/C18H26O2Si2/c1-4-11-18(20-21(2)3)22(19,16-12-7-5-8-13-16)17-14-9-6-10-15-17/h5-10,12-15,18-19,21H,4,11H2,1-3H3. The molecule has 1 unspecified atom stereocenters. The normalized spacial score (nSPS) is 13.3. The van der Waals surface area contributed by atoms with Crippen LogP contribution >= 0.6 is 0 Å². The van der Waals surface area contributed by atoms with Crippen molar-refractivity contribution in [3.63, 3.8) is 0 Å². The molecule has 0 radical (unpaired) electrons. The topological polar surface area (TPSA) is 29.5 Å². The van der Waals surface area contributed by atoms with Gasteiger partial charge in [0, 0.05) is 0 Å². The van der Waals surface area contributed by atoms with Gasteiger partial charge in [0.2, 0.25) is 0 Å². The molecule has 0 amide bonds. The predicted molar refractivity (Wildman–Crippen MR) is 98.8 cm³/mol. The van der Waals surface area contributed by atoms with Crippen molar-refractivity contribution in [3.05, 3.63) is 60.7 Å².